The molecule has 0 radical (unpaired) electrons. The number of aromatic carboxylic acids is 1. The average Bonchev–Trinajstić information content (AvgIpc) is 2.95. The summed E-state index contributed by atoms with van der Waals surface area (Å²) in [7, 11) is 0. The van der Waals surface area contributed by atoms with Gasteiger partial charge in [0.2, 0.25) is 0 Å². The van der Waals surface area contributed by atoms with Crippen LogP contribution in [0.25, 0.3) is 16.9 Å². The molecule has 0 aliphatic rings. The predicted octanol–water partition coefficient (Wildman–Crippen LogP) is 4.46. The minimum absolute atomic E-state index is 0.312. The molecule has 0 spiro atoms. The van der Waals surface area contributed by atoms with Gasteiger partial charge in [0.05, 0.1) is 11.3 Å². The van der Waals surface area contributed by atoms with E-state index in [0.717, 1.165) is 22.4 Å². The van der Waals surface area contributed by atoms with Crippen LogP contribution in [0.5, 0.6) is 0 Å². The molecule has 3 rings (SSSR count). The molecule has 1 N–H and O–H groups in total. The van der Waals surface area contributed by atoms with Gasteiger partial charge in [0, 0.05) is 11.9 Å². The molecule has 0 aliphatic carbocycles. The number of hydrogen-bond acceptors (Lipinski definition) is 1. The van der Waals surface area contributed by atoms with Crippen LogP contribution in [0.2, 0.25) is 0 Å². The average molecular weight is 291 g/mol. The van der Waals surface area contributed by atoms with Crippen molar-refractivity contribution in [3.05, 3.63) is 77.5 Å². The third-order valence-corrected chi connectivity index (χ3v) is 3.79. The van der Waals surface area contributed by atoms with E-state index in [1.54, 1.807) is 6.07 Å². The summed E-state index contributed by atoms with van der Waals surface area (Å²) < 4.78 is 1.96. The maximum absolute atomic E-state index is 11.6. The van der Waals surface area contributed by atoms with Crippen molar-refractivity contribution in [2.75, 3.05) is 0 Å². The Kier molecular flexibility index (Phi) is 3.55. The van der Waals surface area contributed by atoms with Gasteiger partial charge in [-0.3, -0.25) is 0 Å². The number of carboxylic acids is 1. The lowest BCUT2D eigenvalue weighted by Crippen LogP contribution is -2.03. The van der Waals surface area contributed by atoms with Crippen LogP contribution in [0.4, 0.5) is 0 Å². The molecule has 0 atom stereocenters. The fraction of sp³-hybridized carbons (Fsp3) is 0.105. The van der Waals surface area contributed by atoms with Crippen LogP contribution in [0.1, 0.15) is 21.5 Å². The molecule has 0 bridgehead atoms. The summed E-state index contributed by atoms with van der Waals surface area (Å²) >= 11 is 0. The number of benzene rings is 2. The zero-order chi connectivity index (χ0) is 15.7. The van der Waals surface area contributed by atoms with Gasteiger partial charge in [-0.15, -0.1) is 0 Å². The van der Waals surface area contributed by atoms with Crippen LogP contribution in [-0.2, 0) is 0 Å². The van der Waals surface area contributed by atoms with E-state index >= 15 is 0 Å². The van der Waals surface area contributed by atoms with E-state index in [1.807, 2.05) is 54.9 Å². The first-order valence-electron chi connectivity index (χ1n) is 7.15. The highest BCUT2D eigenvalue weighted by Crippen LogP contribution is 2.29. The van der Waals surface area contributed by atoms with Crippen molar-refractivity contribution < 1.29 is 9.90 Å². The summed E-state index contributed by atoms with van der Waals surface area (Å²) in [6.07, 6.45) is 1.83. The quantitative estimate of drug-likeness (QED) is 0.774. The van der Waals surface area contributed by atoms with E-state index in [1.165, 1.54) is 0 Å². The highest BCUT2D eigenvalue weighted by molar-refractivity contribution is 5.95. The molecule has 3 aromatic rings. The standard InChI is InChI=1S/C19H17NO2/c1-13-8-9-14(2)17(12-13)20-11-10-16(19(21)22)18(20)15-6-4-3-5-7-15/h3-12H,1-2H3,(H,21,22). The maximum Gasteiger partial charge on any atom is 0.337 e. The Balaban J connectivity index is 2.30. The Labute approximate surface area is 129 Å². The van der Waals surface area contributed by atoms with E-state index < -0.39 is 5.97 Å². The zero-order valence-electron chi connectivity index (χ0n) is 12.6. The van der Waals surface area contributed by atoms with Crippen LogP contribution in [0.15, 0.2) is 60.8 Å². The summed E-state index contributed by atoms with van der Waals surface area (Å²) in [6.45, 7) is 4.07. The van der Waals surface area contributed by atoms with Gasteiger partial charge in [-0.2, -0.15) is 0 Å². The summed E-state index contributed by atoms with van der Waals surface area (Å²) in [5.74, 6) is -0.914. The van der Waals surface area contributed by atoms with Crippen molar-refractivity contribution in [3.8, 4) is 16.9 Å². The SMILES string of the molecule is Cc1ccc(C)c(-n2ccc(C(=O)O)c2-c2ccccc2)c1. The Morgan fingerprint density at radius 2 is 1.73 bits per heavy atom. The highest BCUT2D eigenvalue weighted by Gasteiger charge is 2.18. The molecule has 0 saturated heterocycles. The number of nitrogens with zero attached hydrogens (tertiary/aromatic N) is 1. The fourth-order valence-corrected chi connectivity index (χ4v) is 2.68. The molecule has 3 nitrogen and oxygen atoms in total. The third-order valence-electron chi connectivity index (χ3n) is 3.79. The minimum atomic E-state index is -0.914. The molecule has 2 aromatic carbocycles. The molecule has 1 aromatic heterocycles. The van der Waals surface area contributed by atoms with Crippen LogP contribution in [0, 0.1) is 13.8 Å². The lowest BCUT2D eigenvalue weighted by Gasteiger charge is -2.14. The maximum atomic E-state index is 11.6. The Morgan fingerprint density at radius 1 is 1.00 bits per heavy atom. The zero-order valence-corrected chi connectivity index (χ0v) is 12.6. The van der Waals surface area contributed by atoms with E-state index in [0.29, 0.717) is 11.3 Å². The molecule has 110 valence electrons. The number of carbonyl (C=O) groups is 1. The predicted molar refractivity (Wildman–Crippen MR) is 87.6 cm³/mol. The van der Waals surface area contributed by atoms with Gasteiger partial charge in [-0.25, -0.2) is 4.79 Å². The first-order valence-corrected chi connectivity index (χ1v) is 7.15. The first-order chi connectivity index (χ1) is 10.6. The van der Waals surface area contributed by atoms with Gasteiger partial charge in [-0.1, -0.05) is 42.5 Å². The summed E-state index contributed by atoms with van der Waals surface area (Å²) in [5.41, 5.74) is 5.17. The molecule has 0 aliphatic heterocycles. The largest absolute Gasteiger partial charge is 0.478 e. The molecule has 3 heteroatoms. The molecule has 1 heterocycles. The highest BCUT2D eigenvalue weighted by atomic mass is 16.4. The number of hydrogen-bond donors (Lipinski definition) is 1. The number of aromatic nitrogens is 1. The molecular formula is C19H17NO2. The van der Waals surface area contributed by atoms with Crippen molar-refractivity contribution >= 4 is 5.97 Å². The molecule has 0 saturated carbocycles. The van der Waals surface area contributed by atoms with Gasteiger partial charge in [0.1, 0.15) is 0 Å². The second kappa shape index (κ2) is 5.53. The monoisotopic (exact) mass is 291 g/mol. The second-order valence-corrected chi connectivity index (χ2v) is 5.41. The van der Waals surface area contributed by atoms with Gasteiger partial charge < -0.3 is 9.67 Å². The molecule has 0 fully saturated rings. The van der Waals surface area contributed by atoms with E-state index in [2.05, 4.69) is 18.2 Å². The number of rotatable bonds is 3. The molecule has 22 heavy (non-hydrogen) atoms. The van der Waals surface area contributed by atoms with Gasteiger partial charge >= 0.3 is 5.97 Å². The lowest BCUT2D eigenvalue weighted by atomic mass is 10.1. The van der Waals surface area contributed by atoms with Crippen molar-refractivity contribution in [1.82, 2.24) is 4.57 Å². The van der Waals surface area contributed by atoms with Crippen LogP contribution < -0.4 is 0 Å². The van der Waals surface area contributed by atoms with E-state index in [9.17, 15) is 9.90 Å². The lowest BCUT2D eigenvalue weighted by molar-refractivity contribution is 0.0698. The van der Waals surface area contributed by atoms with E-state index in [-0.39, 0.29) is 0 Å². The minimum Gasteiger partial charge on any atom is -0.478 e. The third kappa shape index (κ3) is 2.42. The smallest absolute Gasteiger partial charge is 0.337 e. The Morgan fingerprint density at radius 3 is 2.41 bits per heavy atom. The first kappa shape index (κ1) is 14.1. The molecular weight excluding hydrogens is 274 g/mol. The fourth-order valence-electron chi connectivity index (χ4n) is 2.68. The Hall–Kier alpha value is -2.81. The van der Waals surface area contributed by atoms with Gasteiger partial charge in [-0.05, 0) is 42.7 Å². The van der Waals surface area contributed by atoms with Crippen LogP contribution in [0.3, 0.4) is 0 Å². The van der Waals surface area contributed by atoms with Crippen molar-refractivity contribution in [3.63, 3.8) is 0 Å². The summed E-state index contributed by atoms with van der Waals surface area (Å²) in [5, 5.41) is 9.50. The summed E-state index contributed by atoms with van der Waals surface area (Å²) in [6, 6.07) is 17.5. The number of carboxylic acid groups (broad SMARTS) is 1. The van der Waals surface area contributed by atoms with E-state index in [4.69, 9.17) is 0 Å². The van der Waals surface area contributed by atoms with Gasteiger partial charge in [0.25, 0.3) is 0 Å². The van der Waals surface area contributed by atoms with Crippen molar-refractivity contribution in [2.45, 2.75) is 13.8 Å². The summed E-state index contributed by atoms with van der Waals surface area (Å²) in [4.78, 5) is 11.6. The Bertz CT molecular complexity index is 832. The van der Waals surface area contributed by atoms with Crippen LogP contribution in [-0.4, -0.2) is 15.6 Å². The second-order valence-electron chi connectivity index (χ2n) is 5.41. The van der Waals surface area contributed by atoms with Crippen LogP contribution >= 0.6 is 0 Å². The van der Waals surface area contributed by atoms with Crippen molar-refractivity contribution in [2.24, 2.45) is 0 Å². The topological polar surface area (TPSA) is 42.2 Å². The van der Waals surface area contributed by atoms with Gasteiger partial charge in [0.15, 0.2) is 0 Å². The number of aryl methyl sites for hydroxylation is 2. The molecule has 0 amide bonds. The normalized spacial score (nSPS) is 10.6. The molecule has 0 unspecified atom stereocenters. The van der Waals surface area contributed by atoms with Crippen molar-refractivity contribution in [1.29, 1.82) is 0 Å².